The van der Waals surface area contributed by atoms with Crippen LogP contribution in [0.2, 0.25) is 0 Å². The number of hydrogen-bond acceptors (Lipinski definition) is 3. The fourth-order valence-corrected chi connectivity index (χ4v) is 2.70. The van der Waals surface area contributed by atoms with E-state index in [2.05, 4.69) is 48.3 Å². The molecular weight excluding hydrogens is 260 g/mol. The zero-order valence-electron chi connectivity index (χ0n) is 12.9. The number of nitrogens with one attached hydrogen (secondary N) is 1. The van der Waals surface area contributed by atoms with Crippen molar-refractivity contribution in [3.63, 3.8) is 0 Å². The van der Waals surface area contributed by atoms with E-state index in [1.54, 1.807) is 6.26 Å². The summed E-state index contributed by atoms with van der Waals surface area (Å²) in [6.45, 7) is 7.16. The molecule has 1 N–H and O–H groups in total. The third-order valence-corrected chi connectivity index (χ3v) is 4.12. The van der Waals surface area contributed by atoms with Gasteiger partial charge < -0.3 is 14.6 Å². The molecule has 1 aromatic heterocycles. The van der Waals surface area contributed by atoms with E-state index in [9.17, 15) is 0 Å². The summed E-state index contributed by atoms with van der Waals surface area (Å²) in [6.07, 6.45) is 4.34. The van der Waals surface area contributed by atoms with E-state index in [4.69, 9.17) is 4.42 Å². The lowest BCUT2D eigenvalue weighted by Crippen LogP contribution is -2.25. The number of aryl methyl sites for hydroxylation is 1. The van der Waals surface area contributed by atoms with Gasteiger partial charge in [-0.2, -0.15) is 0 Å². The summed E-state index contributed by atoms with van der Waals surface area (Å²) in [6, 6.07) is 11.5. The van der Waals surface area contributed by atoms with E-state index in [0.29, 0.717) is 6.04 Å². The SMILES string of the molecule is CCNCc1ccc(N(Cc2ccco2)C2CC2)cc1C. The van der Waals surface area contributed by atoms with Crippen LogP contribution in [0.25, 0.3) is 0 Å². The van der Waals surface area contributed by atoms with Crippen LogP contribution in [0.15, 0.2) is 41.0 Å². The first-order valence-corrected chi connectivity index (χ1v) is 7.87. The van der Waals surface area contributed by atoms with Crippen LogP contribution in [0.4, 0.5) is 5.69 Å². The van der Waals surface area contributed by atoms with Crippen molar-refractivity contribution in [1.29, 1.82) is 0 Å². The second-order valence-electron chi connectivity index (χ2n) is 5.83. The molecule has 2 aromatic rings. The molecule has 21 heavy (non-hydrogen) atoms. The number of rotatable bonds is 7. The van der Waals surface area contributed by atoms with Crippen molar-refractivity contribution >= 4 is 5.69 Å². The van der Waals surface area contributed by atoms with E-state index in [1.807, 2.05) is 6.07 Å². The molecule has 0 spiro atoms. The Morgan fingerprint density at radius 3 is 2.76 bits per heavy atom. The van der Waals surface area contributed by atoms with Gasteiger partial charge in [0.2, 0.25) is 0 Å². The molecule has 0 amide bonds. The normalized spacial score (nSPS) is 14.4. The maximum atomic E-state index is 5.52. The first kappa shape index (κ1) is 14.2. The highest BCUT2D eigenvalue weighted by molar-refractivity contribution is 5.52. The van der Waals surface area contributed by atoms with E-state index in [0.717, 1.165) is 25.4 Å². The smallest absolute Gasteiger partial charge is 0.123 e. The van der Waals surface area contributed by atoms with E-state index in [1.165, 1.54) is 29.7 Å². The number of furan rings is 1. The number of anilines is 1. The molecule has 0 aliphatic heterocycles. The molecule has 3 rings (SSSR count). The average Bonchev–Trinajstić information content (AvgIpc) is 3.20. The molecule has 1 heterocycles. The van der Waals surface area contributed by atoms with Gasteiger partial charge in [-0.1, -0.05) is 13.0 Å². The molecule has 1 aliphatic carbocycles. The van der Waals surface area contributed by atoms with Crippen LogP contribution in [0, 0.1) is 6.92 Å². The molecule has 1 aliphatic rings. The minimum Gasteiger partial charge on any atom is -0.467 e. The van der Waals surface area contributed by atoms with Crippen LogP contribution in [-0.2, 0) is 13.1 Å². The summed E-state index contributed by atoms with van der Waals surface area (Å²) >= 11 is 0. The predicted molar refractivity (Wildman–Crippen MR) is 86.5 cm³/mol. The Kier molecular flexibility index (Phi) is 4.30. The van der Waals surface area contributed by atoms with Crippen LogP contribution in [0.3, 0.4) is 0 Å². The monoisotopic (exact) mass is 284 g/mol. The average molecular weight is 284 g/mol. The van der Waals surface area contributed by atoms with Crippen LogP contribution in [0.5, 0.6) is 0 Å². The van der Waals surface area contributed by atoms with E-state index >= 15 is 0 Å². The molecule has 0 unspecified atom stereocenters. The second kappa shape index (κ2) is 6.35. The van der Waals surface area contributed by atoms with Gasteiger partial charge in [0.15, 0.2) is 0 Å². The summed E-state index contributed by atoms with van der Waals surface area (Å²) in [5.41, 5.74) is 4.06. The largest absolute Gasteiger partial charge is 0.467 e. The zero-order valence-corrected chi connectivity index (χ0v) is 12.9. The van der Waals surface area contributed by atoms with Crippen LogP contribution < -0.4 is 10.2 Å². The van der Waals surface area contributed by atoms with E-state index in [-0.39, 0.29) is 0 Å². The molecule has 112 valence electrons. The number of hydrogen-bond donors (Lipinski definition) is 1. The fourth-order valence-electron chi connectivity index (χ4n) is 2.70. The maximum absolute atomic E-state index is 5.52. The van der Waals surface area contributed by atoms with Crippen molar-refractivity contribution in [2.24, 2.45) is 0 Å². The molecule has 0 radical (unpaired) electrons. The highest BCUT2D eigenvalue weighted by Gasteiger charge is 2.30. The molecular formula is C18H24N2O. The van der Waals surface area contributed by atoms with Crippen LogP contribution in [0.1, 0.15) is 36.7 Å². The van der Waals surface area contributed by atoms with Gasteiger partial charge in [-0.05, 0) is 61.7 Å². The Hall–Kier alpha value is -1.74. The molecule has 0 atom stereocenters. The number of benzene rings is 1. The Balaban J connectivity index is 1.77. The van der Waals surface area contributed by atoms with Crippen molar-refractivity contribution < 1.29 is 4.42 Å². The summed E-state index contributed by atoms with van der Waals surface area (Å²) < 4.78 is 5.52. The maximum Gasteiger partial charge on any atom is 0.123 e. The second-order valence-corrected chi connectivity index (χ2v) is 5.83. The fraction of sp³-hybridized carbons (Fsp3) is 0.444. The molecule has 1 fully saturated rings. The Labute approximate surface area is 127 Å². The van der Waals surface area contributed by atoms with Crippen molar-refractivity contribution in [2.45, 2.75) is 45.8 Å². The molecule has 3 nitrogen and oxygen atoms in total. The first-order chi connectivity index (χ1) is 10.3. The lowest BCUT2D eigenvalue weighted by atomic mass is 10.1. The minimum atomic E-state index is 0.675. The van der Waals surface area contributed by atoms with Gasteiger partial charge in [0.05, 0.1) is 12.8 Å². The molecule has 3 heteroatoms. The van der Waals surface area contributed by atoms with Crippen molar-refractivity contribution in [1.82, 2.24) is 5.32 Å². The third-order valence-electron chi connectivity index (χ3n) is 4.12. The van der Waals surface area contributed by atoms with Gasteiger partial charge in [0, 0.05) is 18.3 Å². The molecule has 0 bridgehead atoms. The Morgan fingerprint density at radius 2 is 2.14 bits per heavy atom. The van der Waals surface area contributed by atoms with Gasteiger partial charge in [-0.15, -0.1) is 0 Å². The van der Waals surface area contributed by atoms with E-state index < -0.39 is 0 Å². The summed E-state index contributed by atoms with van der Waals surface area (Å²) in [5.74, 6) is 1.04. The van der Waals surface area contributed by atoms with Gasteiger partial charge in [0.25, 0.3) is 0 Å². The third kappa shape index (κ3) is 3.48. The van der Waals surface area contributed by atoms with Crippen LogP contribution in [-0.4, -0.2) is 12.6 Å². The Bertz CT molecular complexity index is 573. The molecule has 0 saturated heterocycles. The number of nitrogens with zero attached hydrogens (tertiary/aromatic N) is 1. The standard InChI is InChI=1S/C18H24N2O/c1-3-19-12-15-6-7-17(11-14(15)2)20(16-8-9-16)13-18-5-4-10-21-18/h4-7,10-11,16,19H,3,8-9,12-13H2,1-2H3. The Morgan fingerprint density at radius 1 is 1.29 bits per heavy atom. The molecule has 1 aromatic carbocycles. The van der Waals surface area contributed by atoms with Crippen molar-refractivity contribution in [2.75, 3.05) is 11.4 Å². The zero-order chi connectivity index (χ0) is 14.7. The lowest BCUT2D eigenvalue weighted by molar-refractivity contribution is 0.501. The van der Waals surface area contributed by atoms with Gasteiger partial charge in [-0.3, -0.25) is 0 Å². The van der Waals surface area contributed by atoms with Crippen molar-refractivity contribution in [3.8, 4) is 0 Å². The van der Waals surface area contributed by atoms with Crippen molar-refractivity contribution in [3.05, 3.63) is 53.5 Å². The summed E-state index contributed by atoms with van der Waals surface area (Å²) in [4.78, 5) is 2.48. The first-order valence-electron chi connectivity index (χ1n) is 7.87. The summed E-state index contributed by atoms with van der Waals surface area (Å²) in [7, 11) is 0. The van der Waals surface area contributed by atoms with Crippen LogP contribution >= 0.6 is 0 Å². The molecule has 1 saturated carbocycles. The topological polar surface area (TPSA) is 28.4 Å². The highest BCUT2D eigenvalue weighted by Crippen LogP contribution is 2.34. The minimum absolute atomic E-state index is 0.675. The lowest BCUT2D eigenvalue weighted by Gasteiger charge is -2.24. The van der Waals surface area contributed by atoms with Gasteiger partial charge >= 0.3 is 0 Å². The highest BCUT2D eigenvalue weighted by atomic mass is 16.3. The quantitative estimate of drug-likeness (QED) is 0.836. The summed E-state index contributed by atoms with van der Waals surface area (Å²) in [5, 5.41) is 3.40. The predicted octanol–water partition coefficient (Wildman–Crippen LogP) is 3.87. The van der Waals surface area contributed by atoms with Gasteiger partial charge in [-0.25, -0.2) is 0 Å². The van der Waals surface area contributed by atoms with Gasteiger partial charge in [0.1, 0.15) is 5.76 Å².